The first-order valence-corrected chi connectivity index (χ1v) is 12.3. The van der Waals surface area contributed by atoms with Gasteiger partial charge in [0, 0.05) is 11.6 Å². The quantitative estimate of drug-likeness (QED) is 0.320. The molecule has 0 unspecified atom stereocenters. The Morgan fingerprint density at radius 2 is 1.24 bits per heavy atom. The molecule has 0 radical (unpaired) electrons. The molecule has 0 aromatic heterocycles. The molecule has 0 aliphatic rings. The summed E-state index contributed by atoms with van der Waals surface area (Å²) >= 11 is 0. The molecule has 0 heterocycles. The maximum atomic E-state index is 13.0. The van der Waals surface area contributed by atoms with Crippen LogP contribution in [0, 0.1) is 5.92 Å². The molecule has 3 rings (SSSR count). The summed E-state index contributed by atoms with van der Waals surface area (Å²) in [5, 5.41) is 3.17. The molecule has 34 heavy (non-hydrogen) atoms. The third-order valence-electron chi connectivity index (χ3n) is 6.07. The highest BCUT2D eigenvalue weighted by molar-refractivity contribution is 5.94. The lowest BCUT2D eigenvalue weighted by Gasteiger charge is -2.27. The molecule has 178 valence electrons. The summed E-state index contributed by atoms with van der Waals surface area (Å²) in [6.07, 6.45) is 4.89. The normalized spacial score (nSPS) is 12.5. The third-order valence-corrected chi connectivity index (χ3v) is 6.07. The van der Waals surface area contributed by atoms with E-state index in [0.29, 0.717) is 25.0 Å². The first kappa shape index (κ1) is 25.2. The topological polar surface area (TPSA) is 55.4 Å². The zero-order chi connectivity index (χ0) is 24.0. The van der Waals surface area contributed by atoms with Gasteiger partial charge in [0.15, 0.2) is 0 Å². The minimum Gasteiger partial charge on any atom is -0.466 e. The second-order valence-corrected chi connectivity index (χ2v) is 8.56. The van der Waals surface area contributed by atoms with E-state index in [1.807, 2.05) is 61.5 Å². The van der Waals surface area contributed by atoms with E-state index in [1.165, 1.54) is 11.1 Å². The Morgan fingerprint density at radius 3 is 1.76 bits per heavy atom. The molecule has 0 fully saturated rings. The lowest BCUT2D eigenvalue weighted by atomic mass is 9.88. The first-order chi connectivity index (χ1) is 16.7. The summed E-state index contributed by atoms with van der Waals surface area (Å²) in [5.74, 6) is -0.761. The van der Waals surface area contributed by atoms with E-state index in [-0.39, 0.29) is 23.8 Å². The summed E-state index contributed by atoms with van der Waals surface area (Å²) in [5.41, 5.74) is 3.11. The van der Waals surface area contributed by atoms with E-state index in [1.54, 1.807) is 12.1 Å². The van der Waals surface area contributed by atoms with E-state index in [9.17, 15) is 9.59 Å². The standard InChI is InChI=1S/C30H35NO3/c1-2-34-30(33)27(22-12-18-24-14-6-3-7-15-24)28(23-13-19-25-16-8-4-9-17-25)31-29(32)26-20-10-5-11-21-26/h3-11,14-17,20-21,27-28H,2,12-13,18-19,22-23H2,1H3,(H,31,32)/t27-,28+/m0/s1. The Bertz CT molecular complexity index is 989. The fourth-order valence-electron chi connectivity index (χ4n) is 4.29. The number of esters is 1. The molecule has 1 amide bonds. The van der Waals surface area contributed by atoms with E-state index in [0.717, 1.165) is 25.7 Å². The highest BCUT2D eigenvalue weighted by atomic mass is 16.5. The van der Waals surface area contributed by atoms with Crippen molar-refractivity contribution < 1.29 is 14.3 Å². The molecule has 0 bridgehead atoms. The van der Waals surface area contributed by atoms with Crippen LogP contribution in [0.15, 0.2) is 91.0 Å². The van der Waals surface area contributed by atoms with Crippen LogP contribution in [-0.2, 0) is 22.4 Å². The van der Waals surface area contributed by atoms with E-state index in [2.05, 4.69) is 29.6 Å². The number of amides is 1. The molecular formula is C30H35NO3. The van der Waals surface area contributed by atoms with Crippen LogP contribution in [0.1, 0.15) is 54.1 Å². The van der Waals surface area contributed by atoms with Gasteiger partial charge < -0.3 is 10.1 Å². The van der Waals surface area contributed by atoms with Crippen molar-refractivity contribution in [1.29, 1.82) is 0 Å². The smallest absolute Gasteiger partial charge is 0.311 e. The zero-order valence-corrected chi connectivity index (χ0v) is 20.0. The van der Waals surface area contributed by atoms with Crippen LogP contribution < -0.4 is 5.32 Å². The largest absolute Gasteiger partial charge is 0.466 e. The minimum absolute atomic E-state index is 0.150. The van der Waals surface area contributed by atoms with Gasteiger partial charge in [-0.05, 0) is 68.7 Å². The van der Waals surface area contributed by atoms with Crippen molar-refractivity contribution in [1.82, 2.24) is 5.32 Å². The molecule has 3 aromatic rings. The Labute approximate surface area is 203 Å². The van der Waals surface area contributed by atoms with Gasteiger partial charge in [0.1, 0.15) is 0 Å². The van der Waals surface area contributed by atoms with Crippen LogP contribution in [0.5, 0.6) is 0 Å². The van der Waals surface area contributed by atoms with Crippen LogP contribution >= 0.6 is 0 Å². The molecule has 0 saturated heterocycles. The summed E-state index contributed by atoms with van der Waals surface area (Å²) in [4.78, 5) is 26.0. The molecule has 0 spiro atoms. The van der Waals surface area contributed by atoms with Crippen molar-refractivity contribution in [2.45, 2.75) is 51.5 Å². The van der Waals surface area contributed by atoms with Gasteiger partial charge in [-0.3, -0.25) is 9.59 Å². The fourth-order valence-corrected chi connectivity index (χ4v) is 4.29. The number of nitrogens with one attached hydrogen (secondary N) is 1. The SMILES string of the molecule is CCOC(=O)[C@@H](CCCc1ccccc1)[C@@H](CCCc1ccccc1)NC(=O)c1ccccc1. The average Bonchev–Trinajstić information content (AvgIpc) is 2.88. The van der Waals surface area contributed by atoms with Gasteiger partial charge >= 0.3 is 5.97 Å². The third kappa shape index (κ3) is 8.18. The van der Waals surface area contributed by atoms with Crippen LogP contribution in [-0.4, -0.2) is 24.5 Å². The van der Waals surface area contributed by atoms with Crippen LogP contribution in [0.2, 0.25) is 0 Å². The van der Waals surface area contributed by atoms with E-state index >= 15 is 0 Å². The summed E-state index contributed by atoms with van der Waals surface area (Å²) in [6.45, 7) is 2.16. The van der Waals surface area contributed by atoms with Crippen molar-refractivity contribution in [3.8, 4) is 0 Å². The highest BCUT2D eigenvalue weighted by Gasteiger charge is 2.30. The Morgan fingerprint density at radius 1 is 0.735 bits per heavy atom. The van der Waals surface area contributed by atoms with Gasteiger partial charge in [-0.15, -0.1) is 0 Å². The van der Waals surface area contributed by atoms with Crippen LogP contribution in [0.4, 0.5) is 0 Å². The number of rotatable bonds is 13. The lowest BCUT2D eigenvalue weighted by molar-refractivity contribution is -0.149. The van der Waals surface area contributed by atoms with Gasteiger partial charge in [0.2, 0.25) is 0 Å². The van der Waals surface area contributed by atoms with Crippen molar-refractivity contribution in [3.63, 3.8) is 0 Å². The Balaban J connectivity index is 1.72. The van der Waals surface area contributed by atoms with Crippen LogP contribution in [0.25, 0.3) is 0 Å². The molecule has 0 saturated carbocycles. The second-order valence-electron chi connectivity index (χ2n) is 8.56. The van der Waals surface area contributed by atoms with Crippen molar-refractivity contribution in [3.05, 3.63) is 108 Å². The molecule has 0 aliphatic heterocycles. The Hall–Kier alpha value is -3.40. The van der Waals surface area contributed by atoms with Gasteiger partial charge in [0.05, 0.1) is 12.5 Å². The van der Waals surface area contributed by atoms with E-state index < -0.39 is 0 Å². The number of hydrogen-bond donors (Lipinski definition) is 1. The summed E-state index contributed by atoms with van der Waals surface area (Å²) < 4.78 is 5.45. The second kappa shape index (κ2) is 14.0. The maximum absolute atomic E-state index is 13.0. The van der Waals surface area contributed by atoms with Gasteiger partial charge in [0.25, 0.3) is 5.91 Å². The minimum atomic E-state index is -0.382. The number of benzene rings is 3. The predicted molar refractivity (Wildman–Crippen MR) is 137 cm³/mol. The monoisotopic (exact) mass is 457 g/mol. The summed E-state index contributed by atoms with van der Waals surface area (Å²) in [6, 6.07) is 29.5. The van der Waals surface area contributed by atoms with Gasteiger partial charge in [-0.25, -0.2) is 0 Å². The van der Waals surface area contributed by atoms with E-state index in [4.69, 9.17) is 4.74 Å². The maximum Gasteiger partial charge on any atom is 0.311 e. The Kier molecular flexibility index (Phi) is 10.4. The number of aryl methyl sites for hydroxylation is 2. The zero-order valence-electron chi connectivity index (χ0n) is 20.0. The van der Waals surface area contributed by atoms with Crippen molar-refractivity contribution in [2.75, 3.05) is 6.61 Å². The first-order valence-electron chi connectivity index (χ1n) is 12.3. The molecular weight excluding hydrogens is 422 g/mol. The number of carbonyl (C=O) groups excluding carboxylic acids is 2. The number of hydrogen-bond acceptors (Lipinski definition) is 3. The number of carbonyl (C=O) groups is 2. The molecule has 4 heteroatoms. The van der Waals surface area contributed by atoms with Crippen molar-refractivity contribution >= 4 is 11.9 Å². The highest BCUT2D eigenvalue weighted by Crippen LogP contribution is 2.21. The molecule has 2 atom stereocenters. The molecule has 0 aliphatic carbocycles. The van der Waals surface area contributed by atoms with Gasteiger partial charge in [-0.2, -0.15) is 0 Å². The fraction of sp³-hybridized carbons (Fsp3) is 0.333. The average molecular weight is 458 g/mol. The molecule has 1 N–H and O–H groups in total. The lowest BCUT2D eigenvalue weighted by Crippen LogP contribution is -2.44. The number of ether oxygens (including phenoxy) is 1. The molecule has 3 aromatic carbocycles. The van der Waals surface area contributed by atoms with Gasteiger partial charge in [-0.1, -0.05) is 78.9 Å². The van der Waals surface area contributed by atoms with Crippen molar-refractivity contribution in [2.24, 2.45) is 5.92 Å². The predicted octanol–water partition coefficient (Wildman–Crippen LogP) is 6.01. The van der Waals surface area contributed by atoms with Crippen LogP contribution in [0.3, 0.4) is 0 Å². The summed E-state index contributed by atoms with van der Waals surface area (Å²) in [7, 11) is 0. The molecule has 4 nitrogen and oxygen atoms in total.